The molecule has 0 unspecified atom stereocenters. The van der Waals surface area contributed by atoms with Crippen LogP contribution in [0, 0.1) is 3.57 Å². The van der Waals surface area contributed by atoms with Crippen molar-refractivity contribution < 1.29 is 0 Å². The Bertz CT molecular complexity index is 274. The van der Waals surface area contributed by atoms with Crippen LogP contribution in [0.1, 0.15) is 43.6 Å². The van der Waals surface area contributed by atoms with Gasteiger partial charge in [-0.3, -0.25) is 0 Å². The predicted molar refractivity (Wildman–Crippen MR) is 65.0 cm³/mol. The molecule has 0 heterocycles. The van der Waals surface area contributed by atoms with E-state index in [1.54, 1.807) is 5.56 Å². The van der Waals surface area contributed by atoms with Gasteiger partial charge < -0.3 is 0 Å². The van der Waals surface area contributed by atoms with Crippen molar-refractivity contribution in [2.75, 3.05) is 0 Å². The summed E-state index contributed by atoms with van der Waals surface area (Å²) < 4.78 is 1.45. The smallest absolute Gasteiger partial charge is 0.0165 e. The molecule has 1 aliphatic rings. The summed E-state index contributed by atoms with van der Waals surface area (Å²) in [6, 6.07) is 8.84. The Balaban J connectivity index is 2.18. The third-order valence-electron chi connectivity index (χ3n) is 2.95. The highest BCUT2D eigenvalue weighted by atomic mass is 127. The molecule has 70 valence electrons. The molecule has 13 heavy (non-hydrogen) atoms. The summed E-state index contributed by atoms with van der Waals surface area (Å²) in [6.07, 6.45) is 7.10. The highest BCUT2D eigenvalue weighted by molar-refractivity contribution is 14.1. The zero-order valence-corrected chi connectivity index (χ0v) is 9.96. The van der Waals surface area contributed by atoms with Gasteiger partial charge in [0, 0.05) is 3.57 Å². The Morgan fingerprint density at radius 3 is 2.38 bits per heavy atom. The summed E-state index contributed by atoms with van der Waals surface area (Å²) in [5.74, 6) is 0.849. The third kappa shape index (κ3) is 2.25. The summed E-state index contributed by atoms with van der Waals surface area (Å²) in [6.45, 7) is 0. The van der Waals surface area contributed by atoms with Crippen LogP contribution >= 0.6 is 22.6 Å². The second-order valence-corrected chi connectivity index (χ2v) is 5.02. The van der Waals surface area contributed by atoms with Crippen LogP contribution in [0.5, 0.6) is 0 Å². The molecule has 0 aliphatic heterocycles. The minimum Gasteiger partial charge on any atom is -0.0619 e. The van der Waals surface area contributed by atoms with E-state index in [2.05, 4.69) is 46.9 Å². The fourth-order valence-electron chi connectivity index (χ4n) is 2.22. The van der Waals surface area contributed by atoms with Gasteiger partial charge in [-0.05, 0) is 53.0 Å². The van der Waals surface area contributed by atoms with Gasteiger partial charge in [0.25, 0.3) is 0 Å². The fraction of sp³-hybridized carbons (Fsp3) is 0.500. The van der Waals surface area contributed by atoms with Crippen LogP contribution in [0.4, 0.5) is 0 Å². The van der Waals surface area contributed by atoms with Gasteiger partial charge in [-0.2, -0.15) is 0 Å². The maximum absolute atomic E-state index is 2.46. The molecule has 1 aliphatic carbocycles. The minimum absolute atomic E-state index is 0.849. The van der Waals surface area contributed by atoms with Crippen molar-refractivity contribution in [3.8, 4) is 0 Å². The standard InChI is InChI=1S/C12H15I/c13-12-9-5-4-8-11(12)10-6-2-1-3-7-10/h4-5,8-10H,1-3,6-7H2. The van der Waals surface area contributed by atoms with Gasteiger partial charge in [0.15, 0.2) is 0 Å². The van der Waals surface area contributed by atoms with E-state index in [9.17, 15) is 0 Å². The number of rotatable bonds is 1. The molecular weight excluding hydrogens is 271 g/mol. The van der Waals surface area contributed by atoms with Crippen LogP contribution in [-0.4, -0.2) is 0 Å². The van der Waals surface area contributed by atoms with E-state index in [4.69, 9.17) is 0 Å². The number of benzene rings is 1. The summed E-state index contributed by atoms with van der Waals surface area (Å²) in [4.78, 5) is 0. The van der Waals surface area contributed by atoms with E-state index < -0.39 is 0 Å². The van der Waals surface area contributed by atoms with Crippen LogP contribution in [0.15, 0.2) is 24.3 Å². The molecule has 0 nitrogen and oxygen atoms in total. The third-order valence-corrected chi connectivity index (χ3v) is 3.93. The first-order valence-electron chi connectivity index (χ1n) is 5.12. The van der Waals surface area contributed by atoms with Crippen molar-refractivity contribution >= 4 is 22.6 Å². The Morgan fingerprint density at radius 2 is 1.69 bits per heavy atom. The predicted octanol–water partition coefficient (Wildman–Crippen LogP) is 4.34. The quantitative estimate of drug-likeness (QED) is 0.674. The van der Waals surface area contributed by atoms with Gasteiger partial charge in [-0.15, -0.1) is 0 Å². The Labute approximate surface area is 93.9 Å². The second-order valence-electron chi connectivity index (χ2n) is 3.86. The molecule has 0 amide bonds. The maximum atomic E-state index is 2.46. The minimum atomic E-state index is 0.849. The molecule has 0 aromatic heterocycles. The maximum Gasteiger partial charge on any atom is 0.0165 e. The molecule has 0 atom stereocenters. The highest BCUT2D eigenvalue weighted by Gasteiger charge is 2.16. The van der Waals surface area contributed by atoms with Crippen molar-refractivity contribution in [3.05, 3.63) is 33.4 Å². The summed E-state index contributed by atoms with van der Waals surface area (Å²) in [7, 11) is 0. The van der Waals surface area contributed by atoms with Gasteiger partial charge in [0.1, 0.15) is 0 Å². The van der Waals surface area contributed by atoms with Crippen molar-refractivity contribution in [1.82, 2.24) is 0 Å². The van der Waals surface area contributed by atoms with Crippen molar-refractivity contribution in [3.63, 3.8) is 0 Å². The summed E-state index contributed by atoms with van der Waals surface area (Å²) in [5.41, 5.74) is 1.59. The zero-order chi connectivity index (χ0) is 9.10. The lowest BCUT2D eigenvalue weighted by molar-refractivity contribution is 0.442. The van der Waals surface area contributed by atoms with Crippen molar-refractivity contribution in [2.24, 2.45) is 0 Å². The molecular formula is C12H15I. The summed E-state index contributed by atoms with van der Waals surface area (Å²) in [5, 5.41) is 0. The van der Waals surface area contributed by atoms with E-state index in [0.717, 1.165) is 5.92 Å². The van der Waals surface area contributed by atoms with Crippen LogP contribution in [-0.2, 0) is 0 Å². The lowest BCUT2D eigenvalue weighted by atomic mass is 9.84. The molecule has 1 heteroatoms. The number of halogens is 1. The van der Waals surface area contributed by atoms with Gasteiger partial charge >= 0.3 is 0 Å². The second kappa shape index (κ2) is 4.45. The number of hydrogen-bond donors (Lipinski definition) is 0. The molecule has 0 radical (unpaired) electrons. The topological polar surface area (TPSA) is 0 Å². The van der Waals surface area contributed by atoms with E-state index in [1.165, 1.54) is 35.7 Å². The van der Waals surface area contributed by atoms with Crippen LogP contribution < -0.4 is 0 Å². The molecule has 0 saturated heterocycles. The molecule has 0 bridgehead atoms. The average molecular weight is 286 g/mol. The average Bonchev–Trinajstić information content (AvgIpc) is 2.20. The van der Waals surface area contributed by atoms with Gasteiger partial charge in [0.2, 0.25) is 0 Å². The van der Waals surface area contributed by atoms with Crippen molar-refractivity contribution in [2.45, 2.75) is 38.0 Å². The first-order valence-corrected chi connectivity index (χ1v) is 6.20. The Hall–Kier alpha value is -0.0500. The zero-order valence-electron chi connectivity index (χ0n) is 7.80. The first-order chi connectivity index (χ1) is 6.38. The Morgan fingerprint density at radius 1 is 1.00 bits per heavy atom. The van der Waals surface area contributed by atoms with Gasteiger partial charge in [0.05, 0.1) is 0 Å². The van der Waals surface area contributed by atoms with E-state index >= 15 is 0 Å². The molecule has 1 aromatic carbocycles. The molecule has 2 rings (SSSR count). The molecule has 0 spiro atoms. The summed E-state index contributed by atoms with van der Waals surface area (Å²) >= 11 is 2.46. The van der Waals surface area contributed by atoms with E-state index in [0.29, 0.717) is 0 Å². The van der Waals surface area contributed by atoms with Crippen LogP contribution in [0.3, 0.4) is 0 Å². The molecule has 1 aromatic rings. The van der Waals surface area contributed by atoms with Gasteiger partial charge in [-0.25, -0.2) is 0 Å². The molecule has 0 N–H and O–H groups in total. The lowest BCUT2D eigenvalue weighted by Crippen LogP contribution is -2.05. The highest BCUT2D eigenvalue weighted by Crippen LogP contribution is 2.34. The molecule has 1 saturated carbocycles. The normalized spacial score (nSPS) is 18.8. The van der Waals surface area contributed by atoms with Crippen molar-refractivity contribution in [1.29, 1.82) is 0 Å². The van der Waals surface area contributed by atoms with E-state index in [1.807, 2.05) is 0 Å². The largest absolute Gasteiger partial charge is 0.0619 e. The molecule has 1 fully saturated rings. The monoisotopic (exact) mass is 286 g/mol. The van der Waals surface area contributed by atoms with Gasteiger partial charge in [-0.1, -0.05) is 37.5 Å². The lowest BCUT2D eigenvalue weighted by Gasteiger charge is -2.22. The Kier molecular flexibility index (Phi) is 3.25. The first kappa shape index (κ1) is 9.50. The van der Waals surface area contributed by atoms with E-state index in [-0.39, 0.29) is 0 Å². The number of hydrogen-bond acceptors (Lipinski definition) is 0. The SMILES string of the molecule is Ic1ccccc1C1CCCCC1. The fourth-order valence-corrected chi connectivity index (χ4v) is 3.05. The van der Waals surface area contributed by atoms with Crippen LogP contribution in [0.2, 0.25) is 0 Å². The van der Waals surface area contributed by atoms with Crippen LogP contribution in [0.25, 0.3) is 0 Å².